The lowest BCUT2D eigenvalue weighted by molar-refractivity contribution is 0.386. The number of rotatable bonds is 3. The lowest BCUT2D eigenvalue weighted by Gasteiger charge is -2.23. The van der Waals surface area contributed by atoms with Gasteiger partial charge in [0.05, 0.1) is 0 Å². The van der Waals surface area contributed by atoms with E-state index >= 15 is 0 Å². The van der Waals surface area contributed by atoms with Crippen LogP contribution in [0.4, 0.5) is 0 Å². The van der Waals surface area contributed by atoms with E-state index in [2.05, 4.69) is 50.8 Å². The summed E-state index contributed by atoms with van der Waals surface area (Å²) in [4.78, 5) is 0. The van der Waals surface area contributed by atoms with Crippen molar-refractivity contribution in [1.29, 1.82) is 0 Å². The fourth-order valence-electron chi connectivity index (χ4n) is 1.89. The van der Waals surface area contributed by atoms with E-state index in [-0.39, 0.29) is 0 Å². The van der Waals surface area contributed by atoms with E-state index in [4.69, 9.17) is 0 Å². The topological polar surface area (TPSA) is 24.1 Å². The maximum atomic E-state index is 3.60. The van der Waals surface area contributed by atoms with E-state index < -0.39 is 0 Å². The van der Waals surface area contributed by atoms with Crippen molar-refractivity contribution in [2.45, 2.75) is 25.4 Å². The molecular weight excluding hydrogens is 252 g/mol. The molecule has 1 fully saturated rings. The normalized spacial score (nSPS) is 17.9. The highest BCUT2D eigenvalue weighted by molar-refractivity contribution is 9.10. The molecule has 15 heavy (non-hydrogen) atoms. The van der Waals surface area contributed by atoms with Crippen LogP contribution in [0.2, 0.25) is 0 Å². The third kappa shape index (κ3) is 3.59. The number of hydrogen-bond acceptors (Lipinski definition) is 2. The molecule has 0 atom stereocenters. The van der Waals surface area contributed by atoms with Gasteiger partial charge in [0.2, 0.25) is 0 Å². The Morgan fingerprint density at radius 2 is 1.87 bits per heavy atom. The van der Waals surface area contributed by atoms with Crippen LogP contribution in [0.1, 0.15) is 18.4 Å². The highest BCUT2D eigenvalue weighted by Gasteiger charge is 2.11. The van der Waals surface area contributed by atoms with Gasteiger partial charge < -0.3 is 10.6 Å². The van der Waals surface area contributed by atoms with Crippen LogP contribution in [0.15, 0.2) is 28.7 Å². The van der Waals surface area contributed by atoms with Crippen LogP contribution >= 0.6 is 15.9 Å². The van der Waals surface area contributed by atoms with Gasteiger partial charge in [0.25, 0.3) is 0 Å². The smallest absolute Gasteiger partial charge is 0.0208 e. The van der Waals surface area contributed by atoms with Gasteiger partial charge in [-0.1, -0.05) is 28.1 Å². The van der Waals surface area contributed by atoms with E-state index in [1.807, 2.05) is 0 Å². The van der Waals surface area contributed by atoms with Gasteiger partial charge in [-0.2, -0.15) is 0 Å². The number of hydrogen-bond donors (Lipinski definition) is 2. The Morgan fingerprint density at radius 1 is 1.20 bits per heavy atom. The van der Waals surface area contributed by atoms with Crippen LogP contribution in [0.25, 0.3) is 0 Å². The summed E-state index contributed by atoms with van der Waals surface area (Å²) in [6.07, 6.45) is 2.49. The predicted octanol–water partition coefficient (Wildman–Crippen LogP) is 2.29. The molecule has 0 bridgehead atoms. The third-order valence-electron chi connectivity index (χ3n) is 2.85. The zero-order chi connectivity index (χ0) is 10.5. The number of piperidine rings is 1. The van der Waals surface area contributed by atoms with Crippen LogP contribution in [0.5, 0.6) is 0 Å². The van der Waals surface area contributed by atoms with Crippen molar-refractivity contribution in [1.82, 2.24) is 10.6 Å². The summed E-state index contributed by atoms with van der Waals surface area (Å²) < 4.78 is 1.15. The Labute approximate surface area is 99.6 Å². The van der Waals surface area contributed by atoms with Gasteiger partial charge in [-0.15, -0.1) is 0 Å². The molecule has 0 saturated carbocycles. The first-order chi connectivity index (χ1) is 7.34. The van der Waals surface area contributed by atoms with Crippen LogP contribution in [-0.2, 0) is 6.54 Å². The molecule has 0 unspecified atom stereocenters. The van der Waals surface area contributed by atoms with Gasteiger partial charge in [0.1, 0.15) is 0 Å². The predicted molar refractivity (Wildman–Crippen MR) is 66.9 cm³/mol. The van der Waals surface area contributed by atoms with Gasteiger partial charge in [-0.25, -0.2) is 0 Å². The van der Waals surface area contributed by atoms with Crippen molar-refractivity contribution in [3.05, 3.63) is 34.3 Å². The van der Waals surface area contributed by atoms with Crippen molar-refractivity contribution in [2.24, 2.45) is 0 Å². The highest BCUT2D eigenvalue weighted by Crippen LogP contribution is 2.11. The lowest BCUT2D eigenvalue weighted by atomic mass is 10.1. The molecule has 0 aromatic heterocycles. The minimum Gasteiger partial charge on any atom is -0.317 e. The van der Waals surface area contributed by atoms with E-state index in [1.54, 1.807) is 0 Å². The molecule has 1 saturated heterocycles. The Balaban J connectivity index is 1.79. The average molecular weight is 269 g/mol. The molecule has 3 heteroatoms. The molecule has 0 aliphatic carbocycles. The van der Waals surface area contributed by atoms with Crippen LogP contribution in [-0.4, -0.2) is 19.1 Å². The van der Waals surface area contributed by atoms with Crippen molar-refractivity contribution in [3.63, 3.8) is 0 Å². The number of benzene rings is 1. The van der Waals surface area contributed by atoms with Crippen molar-refractivity contribution in [3.8, 4) is 0 Å². The van der Waals surface area contributed by atoms with Crippen molar-refractivity contribution in [2.75, 3.05) is 13.1 Å². The lowest BCUT2D eigenvalue weighted by Crippen LogP contribution is -2.39. The van der Waals surface area contributed by atoms with Gasteiger partial charge in [-0.3, -0.25) is 0 Å². The average Bonchev–Trinajstić information content (AvgIpc) is 2.30. The number of nitrogens with one attached hydrogen (secondary N) is 2. The van der Waals surface area contributed by atoms with Gasteiger partial charge in [0.15, 0.2) is 0 Å². The molecule has 0 spiro atoms. The molecule has 2 nitrogen and oxygen atoms in total. The summed E-state index contributed by atoms with van der Waals surface area (Å²) in [5.74, 6) is 0. The molecule has 1 heterocycles. The Kier molecular flexibility index (Phi) is 4.18. The first kappa shape index (κ1) is 11.1. The molecule has 2 rings (SSSR count). The second kappa shape index (κ2) is 5.64. The molecule has 2 N–H and O–H groups in total. The first-order valence-electron chi connectivity index (χ1n) is 5.53. The summed E-state index contributed by atoms with van der Waals surface area (Å²) in [6.45, 7) is 3.29. The SMILES string of the molecule is Brc1ccc(CNC2CCNCC2)cc1. The van der Waals surface area contributed by atoms with E-state index in [0.717, 1.165) is 24.1 Å². The van der Waals surface area contributed by atoms with Gasteiger partial charge in [0, 0.05) is 17.1 Å². The largest absolute Gasteiger partial charge is 0.317 e. The first-order valence-corrected chi connectivity index (χ1v) is 6.32. The molecule has 0 radical (unpaired) electrons. The molecule has 1 aromatic carbocycles. The minimum atomic E-state index is 0.690. The second-order valence-electron chi connectivity index (χ2n) is 4.03. The van der Waals surface area contributed by atoms with Crippen LogP contribution < -0.4 is 10.6 Å². The molecular formula is C12H17BrN2. The van der Waals surface area contributed by atoms with Gasteiger partial charge in [-0.05, 0) is 43.6 Å². The summed E-state index contributed by atoms with van der Waals surface area (Å²) in [5.41, 5.74) is 1.36. The van der Waals surface area contributed by atoms with Crippen LogP contribution in [0, 0.1) is 0 Å². The summed E-state index contributed by atoms with van der Waals surface area (Å²) in [5, 5.41) is 6.98. The Bertz CT molecular complexity index is 291. The van der Waals surface area contributed by atoms with E-state index in [9.17, 15) is 0 Å². The summed E-state index contributed by atoms with van der Waals surface area (Å²) in [7, 11) is 0. The molecule has 82 valence electrons. The van der Waals surface area contributed by atoms with Crippen molar-refractivity contribution >= 4 is 15.9 Å². The fourth-order valence-corrected chi connectivity index (χ4v) is 2.15. The zero-order valence-corrected chi connectivity index (χ0v) is 10.4. The monoisotopic (exact) mass is 268 g/mol. The molecule has 1 aliphatic rings. The third-order valence-corrected chi connectivity index (χ3v) is 3.38. The van der Waals surface area contributed by atoms with Crippen molar-refractivity contribution < 1.29 is 0 Å². The fraction of sp³-hybridized carbons (Fsp3) is 0.500. The maximum absolute atomic E-state index is 3.60. The maximum Gasteiger partial charge on any atom is 0.0208 e. The Morgan fingerprint density at radius 3 is 2.53 bits per heavy atom. The minimum absolute atomic E-state index is 0.690. The second-order valence-corrected chi connectivity index (χ2v) is 4.95. The van der Waals surface area contributed by atoms with E-state index in [1.165, 1.54) is 18.4 Å². The standard InChI is InChI=1S/C12H17BrN2/c13-11-3-1-10(2-4-11)9-15-12-5-7-14-8-6-12/h1-4,12,14-15H,5-9H2. The van der Waals surface area contributed by atoms with Gasteiger partial charge >= 0.3 is 0 Å². The quantitative estimate of drug-likeness (QED) is 0.879. The van der Waals surface area contributed by atoms with E-state index in [0.29, 0.717) is 6.04 Å². The molecule has 0 amide bonds. The summed E-state index contributed by atoms with van der Waals surface area (Å²) in [6, 6.07) is 9.21. The zero-order valence-electron chi connectivity index (χ0n) is 8.80. The summed E-state index contributed by atoms with van der Waals surface area (Å²) >= 11 is 3.44. The highest BCUT2D eigenvalue weighted by atomic mass is 79.9. The molecule has 1 aromatic rings. The Hall–Kier alpha value is -0.380. The van der Waals surface area contributed by atoms with Crippen LogP contribution in [0.3, 0.4) is 0 Å². The number of halogens is 1. The molecule has 1 aliphatic heterocycles.